The summed E-state index contributed by atoms with van der Waals surface area (Å²) < 4.78 is 10.9. The van der Waals surface area contributed by atoms with E-state index in [1.807, 2.05) is 36.4 Å². The second-order valence-electron chi connectivity index (χ2n) is 5.71. The number of para-hydroxylation sites is 1. The summed E-state index contributed by atoms with van der Waals surface area (Å²) >= 11 is 0. The monoisotopic (exact) mass is 340 g/mol. The second-order valence-corrected chi connectivity index (χ2v) is 5.71. The van der Waals surface area contributed by atoms with Gasteiger partial charge in [0, 0.05) is 18.2 Å². The van der Waals surface area contributed by atoms with Gasteiger partial charge in [-0.25, -0.2) is 0 Å². The van der Waals surface area contributed by atoms with Gasteiger partial charge in [0.15, 0.2) is 0 Å². The van der Waals surface area contributed by atoms with E-state index >= 15 is 0 Å². The number of fused-ring (bicyclic) bond motifs is 1. The number of carbonyl (C=O) groups excluding carboxylic acids is 2. The highest BCUT2D eigenvalue weighted by atomic mass is 16.5. The molecule has 2 aromatic rings. The molecule has 0 radical (unpaired) electrons. The molecule has 1 N–H and O–H groups in total. The Hall–Kier alpha value is -3.02. The van der Waals surface area contributed by atoms with E-state index in [1.165, 1.54) is 6.92 Å². The van der Waals surface area contributed by atoms with Gasteiger partial charge in [0.05, 0.1) is 13.7 Å². The van der Waals surface area contributed by atoms with Gasteiger partial charge in [0.2, 0.25) is 5.91 Å². The maximum absolute atomic E-state index is 12.8. The molecular weight excluding hydrogens is 320 g/mol. The molecule has 0 aromatic heterocycles. The Bertz CT molecular complexity index is 776. The van der Waals surface area contributed by atoms with Gasteiger partial charge in [-0.1, -0.05) is 18.2 Å². The first-order valence-electron chi connectivity index (χ1n) is 8.04. The minimum Gasteiger partial charge on any atom is -0.497 e. The van der Waals surface area contributed by atoms with E-state index in [-0.39, 0.29) is 11.8 Å². The third kappa shape index (κ3) is 3.57. The molecule has 0 aliphatic carbocycles. The maximum Gasteiger partial charge on any atom is 0.254 e. The van der Waals surface area contributed by atoms with Crippen molar-refractivity contribution in [3.05, 3.63) is 54.1 Å². The molecule has 0 unspecified atom stereocenters. The average Bonchev–Trinajstić information content (AvgIpc) is 2.87. The number of anilines is 1. The minimum atomic E-state index is -0.695. The Morgan fingerprint density at radius 3 is 2.60 bits per heavy atom. The minimum absolute atomic E-state index is 0.171. The van der Waals surface area contributed by atoms with Gasteiger partial charge in [0.1, 0.15) is 24.1 Å². The van der Waals surface area contributed by atoms with Crippen LogP contribution in [0.25, 0.3) is 0 Å². The van der Waals surface area contributed by atoms with Crippen LogP contribution >= 0.6 is 0 Å². The lowest BCUT2D eigenvalue weighted by molar-refractivity contribution is -0.126. The maximum atomic E-state index is 12.8. The molecule has 6 heteroatoms. The SMILES string of the molecule is COc1ccc2c(c1)[C@H](NC(C)=O)C(=O)N2CCOc1ccccc1. The Morgan fingerprint density at radius 2 is 1.92 bits per heavy atom. The third-order valence-corrected chi connectivity index (χ3v) is 4.02. The first-order valence-corrected chi connectivity index (χ1v) is 8.04. The summed E-state index contributed by atoms with van der Waals surface area (Å²) in [6.07, 6.45) is 0. The van der Waals surface area contributed by atoms with Gasteiger partial charge in [-0.3, -0.25) is 9.59 Å². The smallest absolute Gasteiger partial charge is 0.254 e. The van der Waals surface area contributed by atoms with E-state index in [9.17, 15) is 9.59 Å². The topological polar surface area (TPSA) is 67.9 Å². The molecule has 0 bridgehead atoms. The zero-order chi connectivity index (χ0) is 17.8. The molecule has 0 saturated heterocycles. The number of rotatable bonds is 6. The molecule has 1 heterocycles. The van der Waals surface area contributed by atoms with Gasteiger partial charge < -0.3 is 19.7 Å². The van der Waals surface area contributed by atoms with Gasteiger partial charge >= 0.3 is 0 Å². The lowest BCUT2D eigenvalue weighted by Gasteiger charge is -2.18. The van der Waals surface area contributed by atoms with E-state index < -0.39 is 6.04 Å². The largest absolute Gasteiger partial charge is 0.497 e. The Kier molecular flexibility index (Phi) is 4.88. The zero-order valence-electron chi connectivity index (χ0n) is 14.2. The van der Waals surface area contributed by atoms with Crippen LogP contribution in [0.2, 0.25) is 0 Å². The fourth-order valence-electron chi connectivity index (χ4n) is 2.89. The molecule has 2 amide bonds. The predicted molar refractivity (Wildman–Crippen MR) is 93.8 cm³/mol. The van der Waals surface area contributed by atoms with Crippen molar-refractivity contribution in [2.75, 3.05) is 25.2 Å². The van der Waals surface area contributed by atoms with Crippen LogP contribution in [-0.4, -0.2) is 32.1 Å². The zero-order valence-corrected chi connectivity index (χ0v) is 14.2. The lowest BCUT2D eigenvalue weighted by Crippen LogP contribution is -2.38. The van der Waals surface area contributed by atoms with Crippen LogP contribution in [0.5, 0.6) is 11.5 Å². The average molecular weight is 340 g/mol. The van der Waals surface area contributed by atoms with Crippen LogP contribution in [-0.2, 0) is 9.59 Å². The first-order chi connectivity index (χ1) is 12.1. The molecule has 6 nitrogen and oxygen atoms in total. The molecule has 0 fully saturated rings. The van der Waals surface area contributed by atoms with Crippen molar-refractivity contribution in [2.45, 2.75) is 13.0 Å². The lowest BCUT2D eigenvalue weighted by atomic mass is 10.1. The molecule has 1 aliphatic heterocycles. The standard InChI is InChI=1S/C19H20N2O4/c1-13(22)20-18-16-12-15(24-2)8-9-17(16)21(19(18)23)10-11-25-14-6-4-3-5-7-14/h3-9,12,18H,10-11H2,1-2H3,(H,20,22)/t18-/m0/s1. The van der Waals surface area contributed by atoms with Crippen LogP contribution in [0.3, 0.4) is 0 Å². The summed E-state index contributed by atoms with van der Waals surface area (Å²) in [4.78, 5) is 25.9. The highest BCUT2D eigenvalue weighted by Crippen LogP contribution is 2.38. The third-order valence-electron chi connectivity index (χ3n) is 4.02. The quantitative estimate of drug-likeness (QED) is 0.876. The number of nitrogens with one attached hydrogen (secondary N) is 1. The number of hydrogen-bond acceptors (Lipinski definition) is 4. The summed E-state index contributed by atoms with van der Waals surface area (Å²) in [5.74, 6) is 0.969. The molecule has 1 aliphatic rings. The van der Waals surface area contributed by atoms with Crippen molar-refractivity contribution in [3.63, 3.8) is 0 Å². The van der Waals surface area contributed by atoms with E-state index in [0.29, 0.717) is 18.9 Å². The predicted octanol–water partition coefficient (Wildman–Crippen LogP) is 2.30. The van der Waals surface area contributed by atoms with Gasteiger partial charge in [-0.15, -0.1) is 0 Å². The van der Waals surface area contributed by atoms with Crippen molar-refractivity contribution < 1.29 is 19.1 Å². The fraction of sp³-hybridized carbons (Fsp3) is 0.263. The van der Waals surface area contributed by atoms with Crippen LogP contribution in [0.15, 0.2) is 48.5 Å². The van der Waals surface area contributed by atoms with E-state index in [2.05, 4.69) is 5.32 Å². The van der Waals surface area contributed by atoms with Crippen molar-refractivity contribution in [1.29, 1.82) is 0 Å². The number of carbonyl (C=O) groups is 2. The Morgan fingerprint density at radius 1 is 1.16 bits per heavy atom. The Balaban J connectivity index is 1.78. The molecule has 2 aromatic carbocycles. The van der Waals surface area contributed by atoms with Gasteiger partial charge in [0.25, 0.3) is 5.91 Å². The molecular formula is C19H20N2O4. The summed E-state index contributed by atoms with van der Waals surface area (Å²) in [5.41, 5.74) is 1.50. The fourth-order valence-corrected chi connectivity index (χ4v) is 2.89. The molecule has 1 atom stereocenters. The number of methoxy groups -OCH3 is 1. The van der Waals surface area contributed by atoms with Crippen molar-refractivity contribution in [1.82, 2.24) is 5.32 Å². The highest BCUT2D eigenvalue weighted by molar-refractivity contribution is 6.06. The van der Waals surface area contributed by atoms with Gasteiger partial charge in [-0.05, 0) is 30.3 Å². The highest BCUT2D eigenvalue weighted by Gasteiger charge is 2.38. The molecule has 0 spiro atoms. The van der Waals surface area contributed by atoms with Crippen LogP contribution in [0.4, 0.5) is 5.69 Å². The van der Waals surface area contributed by atoms with Crippen LogP contribution < -0.4 is 19.7 Å². The number of ether oxygens (including phenoxy) is 2. The summed E-state index contributed by atoms with van der Waals surface area (Å²) in [7, 11) is 1.57. The van der Waals surface area contributed by atoms with Crippen molar-refractivity contribution in [3.8, 4) is 11.5 Å². The summed E-state index contributed by atoms with van der Waals surface area (Å²) in [6.45, 7) is 2.14. The summed E-state index contributed by atoms with van der Waals surface area (Å²) in [5, 5.41) is 2.71. The summed E-state index contributed by atoms with van der Waals surface area (Å²) in [6, 6.07) is 14.2. The van der Waals surface area contributed by atoms with Gasteiger partial charge in [-0.2, -0.15) is 0 Å². The Labute approximate surface area is 146 Å². The van der Waals surface area contributed by atoms with Crippen molar-refractivity contribution in [2.24, 2.45) is 0 Å². The molecule has 130 valence electrons. The number of hydrogen-bond donors (Lipinski definition) is 1. The van der Waals surface area contributed by atoms with E-state index in [0.717, 1.165) is 17.0 Å². The van der Waals surface area contributed by atoms with Crippen LogP contribution in [0.1, 0.15) is 18.5 Å². The van der Waals surface area contributed by atoms with E-state index in [1.54, 1.807) is 24.1 Å². The van der Waals surface area contributed by atoms with Crippen LogP contribution in [0, 0.1) is 0 Å². The number of nitrogens with zero attached hydrogens (tertiary/aromatic N) is 1. The normalized spacial score (nSPS) is 15.7. The van der Waals surface area contributed by atoms with E-state index in [4.69, 9.17) is 9.47 Å². The first kappa shape index (κ1) is 16.8. The number of benzene rings is 2. The molecule has 25 heavy (non-hydrogen) atoms. The van der Waals surface area contributed by atoms with Crippen molar-refractivity contribution >= 4 is 17.5 Å². The molecule has 3 rings (SSSR count). The second kappa shape index (κ2) is 7.25. The molecule has 0 saturated carbocycles. The number of amides is 2.